The van der Waals surface area contributed by atoms with E-state index in [-0.39, 0.29) is 24.0 Å². The van der Waals surface area contributed by atoms with Crippen molar-refractivity contribution in [2.75, 3.05) is 17.2 Å². The van der Waals surface area contributed by atoms with Gasteiger partial charge in [-0.25, -0.2) is 13.6 Å². The lowest BCUT2D eigenvalue weighted by atomic mass is 10.1. The van der Waals surface area contributed by atoms with Crippen molar-refractivity contribution in [3.8, 4) is 0 Å². The van der Waals surface area contributed by atoms with Crippen molar-refractivity contribution < 1.29 is 13.2 Å². The molecule has 1 unspecified atom stereocenters. The zero-order valence-corrected chi connectivity index (χ0v) is 14.0. The Kier molecular flexibility index (Phi) is 3.92. The Morgan fingerprint density at radius 2 is 2.14 bits per heavy atom. The number of halogens is 1. The van der Waals surface area contributed by atoms with Crippen LogP contribution in [-0.2, 0) is 14.8 Å². The number of benzene rings is 1. The molecule has 8 heteroatoms. The molecule has 2 N–H and O–H groups in total. The Hall–Kier alpha value is -1.51. The molecule has 0 radical (unpaired) electrons. The molecule has 2 aromatic rings. The van der Waals surface area contributed by atoms with E-state index in [1.807, 2.05) is 18.2 Å². The lowest BCUT2D eigenvalue weighted by Crippen LogP contribution is -2.27. The first-order valence-corrected chi connectivity index (χ1v) is 9.19. The van der Waals surface area contributed by atoms with Gasteiger partial charge in [0.1, 0.15) is 0 Å². The lowest BCUT2D eigenvalue weighted by molar-refractivity contribution is -0.117. The largest absolute Gasteiger partial charge is 0.311 e. The van der Waals surface area contributed by atoms with Crippen molar-refractivity contribution in [3.63, 3.8) is 0 Å². The van der Waals surface area contributed by atoms with Crippen LogP contribution in [0.4, 0.5) is 5.69 Å². The van der Waals surface area contributed by atoms with Gasteiger partial charge in [0.25, 0.3) is 0 Å². The fourth-order valence-corrected chi connectivity index (χ4v) is 4.04. The van der Waals surface area contributed by atoms with Crippen LogP contribution in [0.3, 0.4) is 0 Å². The number of hydrogen-bond donors (Lipinski definition) is 1. The summed E-state index contributed by atoms with van der Waals surface area (Å²) in [6.45, 7) is 0.348. The van der Waals surface area contributed by atoms with Crippen LogP contribution in [0.2, 0.25) is 0 Å². The molecule has 1 fully saturated rings. The molecule has 1 aromatic carbocycles. The third-order valence-electron chi connectivity index (χ3n) is 3.64. The number of nitrogens with two attached hydrogens (primary N) is 1. The van der Waals surface area contributed by atoms with Crippen LogP contribution >= 0.6 is 15.9 Å². The summed E-state index contributed by atoms with van der Waals surface area (Å²) in [4.78, 5) is 18.2. The van der Waals surface area contributed by atoms with Gasteiger partial charge >= 0.3 is 0 Å². The molecule has 1 aromatic heterocycles. The standard InChI is InChI=1S/C14H14BrN3O3S/c15-10-1-2-12-11(6-10)13(3-4-17-12)18-7-9(5-14(18)19)8-22(16,20)21/h1-4,6,9H,5,7-8H2,(H2,16,20,21). The molecule has 2 heterocycles. The number of hydrogen-bond acceptors (Lipinski definition) is 4. The fraction of sp³-hybridized carbons (Fsp3) is 0.286. The predicted molar refractivity (Wildman–Crippen MR) is 87.9 cm³/mol. The van der Waals surface area contributed by atoms with E-state index in [2.05, 4.69) is 20.9 Å². The summed E-state index contributed by atoms with van der Waals surface area (Å²) in [7, 11) is -3.58. The Balaban J connectivity index is 1.98. The topological polar surface area (TPSA) is 93.4 Å². The minimum absolute atomic E-state index is 0.0962. The first kappa shape index (κ1) is 15.4. The molecule has 0 spiro atoms. The zero-order valence-electron chi connectivity index (χ0n) is 11.6. The summed E-state index contributed by atoms with van der Waals surface area (Å²) in [6, 6.07) is 7.42. The van der Waals surface area contributed by atoms with Crippen LogP contribution in [0.5, 0.6) is 0 Å². The number of nitrogens with zero attached hydrogens (tertiary/aromatic N) is 2. The van der Waals surface area contributed by atoms with E-state index >= 15 is 0 Å². The van der Waals surface area contributed by atoms with Crippen molar-refractivity contribution in [1.82, 2.24) is 4.98 Å². The minimum atomic E-state index is -3.58. The van der Waals surface area contributed by atoms with Gasteiger partial charge in [0.05, 0.1) is 17.0 Å². The first-order valence-electron chi connectivity index (χ1n) is 6.68. The van der Waals surface area contributed by atoms with Crippen LogP contribution in [0.25, 0.3) is 10.9 Å². The van der Waals surface area contributed by atoms with E-state index < -0.39 is 10.0 Å². The summed E-state index contributed by atoms with van der Waals surface area (Å²) in [5, 5.41) is 5.93. The van der Waals surface area contributed by atoms with Crippen LogP contribution in [-0.4, -0.2) is 31.6 Å². The molecular weight excluding hydrogens is 370 g/mol. The van der Waals surface area contributed by atoms with Gasteiger partial charge in [0.2, 0.25) is 15.9 Å². The van der Waals surface area contributed by atoms with E-state index in [1.165, 1.54) is 0 Å². The Bertz CT molecular complexity index is 854. The average Bonchev–Trinajstić information content (AvgIpc) is 2.76. The van der Waals surface area contributed by atoms with E-state index in [0.29, 0.717) is 6.54 Å². The van der Waals surface area contributed by atoms with Crippen LogP contribution in [0.15, 0.2) is 34.9 Å². The van der Waals surface area contributed by atoms with E-state index in [0.717, 1.165) is 21.1 Å². The number of fused-ring (bicyclic) bond motifs is 1. The molecule has 1 amide bonds. The van der Waals surface area contributed by atoms with Gasteiger partial charge in [-0.15, -0.1) is 0 Å². The van der Waals surface area contributed by atoms with Gasteiger partial charge in [-0.3, -0.25) is 9.78 Å². The maximum atomic E-state index is 12.3. The number of carbonyl (C=O) groups excluding carboxylic acids is 1. The number of rotatable bonds is 3. The maximum absolute atomic E-state index is 12.3. The molecule has 22 heavy (non-hydrogen) atoms. The van der Waals surface area contributed by atoms with Gasteiger partial charge in [0, 0.05) is 34.9 Å². The second-order valence-corrected chi connectivity index (χ2v) is 7.97. The molecule has 0 saturated carbocycles. The molecule has 6 nitrogen and oxygen atoms in total. The maximum Gasteiger partial charge on any atom is 0.227 e. The highest BCUT2D eigenvalue weighted by Gasteiger charge is 2.33. The highest BCUT2D eigenvalue weighted by Crippen LogP contribution is 2.32. The number of sulfonamides is 1. The first-order chi connectivity index (χ1) is 10.3. The smallest absolute Gasteiger partial charge is 0.227 e. The summed E-state index contributed by atoms with van der Waals surface area (Å²) < 4.78 is 23.3. The summed E-state index contributed by atoms with van der Waals surface area (Å²) in [5.41, 5.74) is 1.52. The molecule has 1 saturated heterocycles. The fourth-order valence-electron chi connectivity index (χ4n) is 2.79. The SMILES string of the molecule is NS(=O)(=O)CC1CC(=O)N(c2ccnc3ccc(Br)cc23)C1. The van der Waals surface area contributed by atoms with E-state index in [9.17, 15) is 13.2 Å². The monoisotopic (exact) mass is 383 g/mol. The van der Waals surface area contributed by atoms with Gasteiger partial charge in [-0.05, 0) is 24.3 Å². The van der Waals surface area contributed by atoms with Gasteiger partial charge in [-0.2, -0.15) is 0 Å². The van der Waals surface area contributed by atoms with Gasteiger partial charge in [0.15, 0.2) is 0 Å². The van der Waals surface area contributed by atoms with Crippen molar-refractivity contribution in [1.29, 1.82) is 0 Å². The molecule has 1 aliphatic rings. The van der Waals surface area contributed by atoms with Gasteiger partial charge in [-0.1, -0.05) is 15.9 Å². The molecule has 0 bridgehead atoms. The number of primary sulfonamides is 1. The Labute approximate surface area is 136 Å². The molecule has 1 atom stereocenters. The highest BCUT2D eigenvalue weighted by molar-refractivity contribution is 9.10. The van der Waals surface area contributed by atoms with E-state index in [1.54, 1.807) is 17.2 Å². The van der Waals surface area contributed by atoms with Crippen LogP contribution in [0, 0.1) is 5.92 Å². The van der Waals surface area contributed by atoms with Crippen molar-refractivity contribution in [2.45, 2.75) is 6.42 Å². The lowest BCUT2D eigenvalue weighted by Gasteiger charge is -2.18. The number of anilines is 1. The second-order valence-electron chi connectivity index (χ2n) is 5.40. The number of amides is 1. The summed E-state index contributed by atoms with van der Waals surface area (Å²) in [5.74, 6) is -0.555. The van der Waals surface area contributed by atoms with E-state index in [4.69, 9.17) is 5.14 Å². The predicted octanol–water partition coefficient (Wildman–Crippen LogP) is 1.64. The quantitative estimate of drug-likeness (QED) is 0.871. The minimum Gasteiger partial charge on any atom is -0.311 e. The molecule has 1 aliphatic heterocycles. The Morgan fingerprint density at radius 3 is 2.86 bits per heavy atom. The number of aromatic nitrogens is 1. The highest BCUT2D eigenvalue weighted by atomic mass is 79.9. The molecule has 116 valence electrons. The second kappa shape index (κ2) is 5.60. The zero-order chi connectivity index (χ0) is 15.9. The van der Waals surface area contributed by atoms with Crippen LogP contribution < -0.4 is 10.0 Å². The third-order valence-corrected chi connectivity index (χ3v) is 5.07. The third kappa shape index (κ3) is 3.13. The summed E-state index contributed by atoms with van der Waals surface area (Å²) in [6.07, 6.45) is 1.83. The number of carbonyl (C=O) groups is 1. The van der Waals surface area contributed by atoms with Gasteiger partial charge < -0.3 is 4.90 Å². The average molecular weight is 384 g/mol. The number of pyridine rings is 1. The normalized spacial score (nSPS) is 19.1. The van der Waals surface area contributed by atoms with Crippen molar-refractivity contribution in [3.05, 3.63) is 34.9 Å². The molecule has 0 aliphatic carbocycles. The van der Waals surface area contributed by atoms with Crippen molar-refractivity contribution >= 4 is 48.5 Å². The summed E-state index contributed by atoms with van der Waals surface area (Å²) >= 11 is 3.41. The molecule has 3 rings (SSSR count). The molecular formula is C14H14BrN3O3S. The van der Waals surface area contributed by atoms with Crippen molar-refractivity contribution in [2.24, 2.45) is 11.1 Å². The van der Waals surface area contributed by atoms with Crippen LogP contribution in [0.1, 0.15) is 6.42 Å². The Morgan fingerprint density at radius 1 is 1.36 bits per heavy atom.